The van der Waals surface area contributed by atoms with Crippen LogP contribution in [0.15, 0.2) is 12.1 Å². The summed E-state index contributed by atoms with van der Waals surface area (Å²) in [5.74, 6) is -0.157. The lowest BCUT2D eigenvalue weighted by Gasteiger charge is -2.12. The Hall–Kier alpha value is -1.20. The second-order valence-corrected chi connectivity index (χ2v) is 5.59. The highest BCUT2D eigenvalue weighted by Gasteiger charge is 2.36. The second kappa shape index (κ2) is 5.63. The number of thiophene rings is 1. The van der Waals surface area contributed by atoms with Gasteiger partial charge in [-0.05, 0) is 25.5 Å². The third-order valence-electron chi connectivity index (χ3n) is 3.15. The number of carbonyl (C=O) groups is 2. The number of hydrogen-bond donors (Lipinski definition) is 1. The third kappa shape index (κ3) is 2.62. The van der Waals surface area contributed by atoms with Gasteiger partial charge in [0, 0.05) is 22.8 Å². The molecule has 1 aromatic heterocycles. The fraction of sp³-hybridized carbons (Fsp3) is 0.538. The predicted octanol–water partition coefficient (Wildman–Crippen LogP) is 1.55. The normalized spacial score (nSPS) is 19.9. The molecule has 1 aromatic rings. The van der Waals surface area contributed by atoms with Crippen molar-refractivity contribution in [1.29, 1.82) is 0 Å². The van der Waals surface area contributed by atoms with Gasteiger partial charge in [0.1, 0.15) is 0 Å². The topological polar surface area (TPSA) is 49.4 Å². The van der Waals surface area contributed by atoms with Crippen molar-refractivity contribution >= 4 is 23.2 Å². The number of nitrogens with one attached hydrogen (secondary N) is 1. The number of likely N-dealkylation sites (tertiary alicyclic amines) is 1. The average molecular weight is 266 g/mol. The van der Waals surface area contributed by atoms with Crippen LogP contribution in [0.4, 0.5) is 0 Å². The number of amides is 2. The number of rotatable bonds is 5. The lowest BCUT2D eigenvalue weighted by molar-refractivity contribution is -0.138. The molecule has 98 valence electrons. The molecule has 0 bridgehead atoms. The highest BCUT2D eigenvalue weighted by atomic mass is 32.1. The van der Waals surface area contributed by atoms with Crippen LogP contribution < -0.4 is 5.32 Å². The number of likely N-dealkylation sites (N-methyl/N-ethyl adjacent to an activating group) is 1. The van der Waals surface area contributed by atoms with Crippen molar-refractivity contribution in [3.8, 4) is 0 Å². The first-order valence-corrected chi connectivity index (χ1v) is 7.12. The Labute approximate surface area is 111 Å². The molecule has 4 nitrogen and oxygen atoms in total. The van der Waals surface area contributed by atoms with Crippen LogP contribution in [-0.2, 0) is 22.6 Å². The van der Waals surface area contributed by atoms with Crippen molar-refractivity contribution in [2.75, 3.05) is 6.54 Å². The second-order valence-electron chi connectivity index (χ2n) is 4.34. The van der Waals surface area contributed by atoms with Crippen LogP contribution in [0.25, 0.3) is 0 Å². The van der Waals surface area contributed by atoms with Crippen LogP contribution in [0.2, 0.25) is 0 Å². The van der Waals surface area contributed by atoms with Gasteiger partial charge in [-0.2, -0.15) is 0 Å². The fourth-order valence-corrected chi connectivity index (χ4v) is 3.01. The third-order valence-corrected chi connectivity index (χ3v) is 4.38. The van der Waals surface area contributed by atoms with E-state index >= 15 is 0 Å². The quantitative estimate of drug-likeness (QED) is 0.823. The van der Waals surface area contributed by atoms with E-state index in [-0.39, 0.29) is 17.9 Å². The molecule has 1 N–H and O–H groups in total. The van der Waals surface area contributed by atoms with E-state index in [1.165, 1.54) is 14.7 Å². The first-order valence-electron chi connectivity index (χ1n) is 6.30. The van der Waals surface area contributed by atoms with E-state index in [0.717, 1.165) is 6.42 Å². The molecule has 2 heterocycles. The summed E-state index contributed by atoms with van der Waals surface area (Å²) in [6.07, 6.45) is 1.33. The van der Waals surface area contributed by atoms with Crippen molar-refractivity contribution in [3.05, 3.63) is 21.9 Å². The van der Waals surface area contributed by atoms with Crippen molar-refractivity contribution in [2.45, 2.75) is 39.3 Å². The zero-order valence-corrected chi connectivity index (χ0v) is 11.5. The van der Waals surface area contributed by atoms with Gasteiger partial charge in [-0.15, -0.1) is 11.3 Å². The summed E-state index contributed by atoms with van der Waals surface area (Å²) in [6.45, 7) is 5.08. The molecule has 1 saturated heterocycles. The molecule has 0 aliphatic carbocycles. The van der Waals surface area contributed by atoms with Crippen molar-refractivity contribution in [2.24, 2.45) is 0 Å². The Morgan fingerprint density at radius 1 is 1.33 bits per heavy atom. The number of imide groups is 1. The molecule has 0 saturated carbocycles. The first-order chi connectivity index (χ1) is 8.65. The highest BCUT2D eigenvalue weighted by molar-refractivity contribution is 7.11. The molecule has 1 fully saturated rings. The van der Waals surface area contributed by atoms with E-state index < -0.39 is 0 Å². The Morgan fingerprint density at radius 3 is 2.61 bits per heavy atom. The van der Waals surface area contributed by atoms with Gasteiger partial charge in [0.05, 0.1) is 12.5 Å². The van der Waals surface area contributed by atoms with Gasteiger partial charge in [0.15, 0.2) is 0 Å². The van der Waals surface area contributed by atoms with Gasteiger partial charge < -0.3 is 5.32 Å². The molecule has 0 radical (unpaired) electrons. The summed E-state index contributed by atoms with van der Waals surface area (Å²) in [5, 5.41) is 3.18. The summed E-state index contributed by atoms with van der Waals surface area (Å²) < 4.78 is 0. The molecule has 0 spiro atoms. The van der Waals surface area contributed by atoms with E-state index in [9.17, 15) is 9.59 Å². The SMILES string of the molecule is CCc1ccc(CNC2CC(=O)N(CC)C2=O)s1. The van der Waals surface area contributed by atoms with Crippen molar-refractivity contribution in [3.63, 3.8) is 0 Å². The average Bonchev–Trinajstić information content (AvgIpc) is 2.92. The minimum absolute atomic E-state index is 0.0690. The van der Waals surface area contributed by atoms with Crippen LogP contribution in [0.5, 0.6) is 0 Å². The first kappa shape index (κ1) is 13.2. The fourth-order valence-electron chi connectivity index (χ4n) is 2.11. The molecular weight excluding hydrogens is 248 g/mol. The molecule has 2 rings (SSSR count). The van der Waals surface area contributed by atoms with E-state index in [1.54, 1.807) is 11.3 Å². The number of nitrogens with zero attached hydrogens (tertiary/aromatic N) is 1. The van der Waals surface area contributed by atoms with Crippen LogP contribution in [0, 0.1) is 0 Å². The molecule has 18 heavy (non-hydrogen) atoms. The van der Waals surface area contributed by atoms with Gasteiger partial charge in [-0.3, -0.25) is 14.5 Å². The molecule has 2 amide bonds. The lowest BCUT2D eigenvalue weighted by Crippen LogP contribution is -2.38. The van der Waals surface area contributed by atoms with Crippen molar-refractivity contribution < 1.29 is 9.59 Å². The maximum absolute atomic E-state index is 11.9. The molecular formula is C13H18N2O2S. The van der Waals surface area contributed by atoms with Gasteiger partial charge in [0.25, 0.3) is 0 Å². The van der Waals surface area contributed by atoms with Crippen LogP contribution in [-0.4, -0.2) is 29.3 Å². The molecule has 1 aliphatic rings. The van der Waals surface area contributed by atoms with Gasteiger partial charge in [0.2, 0.25) is 11.8 Å². The number of hydrogen-bond acceptors (Lipinski definition) is 4. The number of aryl methyl sites for hydroxylation is 1. The maximum atomic E-state index is 11.9. The predicted molar refractivity (Wildman–Crippen MR) is 71.3 cm³/mol. The van der Waals surface area contributed by atoms with Gasteiger partial charge >= 0.3 is 0 Å². The molecule has 1 atom stereocenters. The standard InChI is InChI=1S/C13H18N2O2S/c1-3-9-5-6-10(18-9)8-14-11-7-12(16)15(4-2)13(11)17/h5-6,11,14H,3-4,7-8H2,1-2H3. The Balaban J connectivity index is 1.91. The van der Waals surface area contributed by atoms with E-state index in [2.05, 4.69) is 24.4 Å². The van der Waals surface area contributed by atoms with E-state index in [0.29, 0.717) is 19.5 Å². The maximum Gasteiger partial charge on any atom is 0.246 e. The molecule has 1 unspecified atom stereocenters. The zero-order chi connectivity index (χ0) is 13.1. The van der Waals surface area contributed by atoms with Crippen LogP contribution in [0.3, 0.4) is 0 Å². The minimum Gasteiger partial charge on any atom is -0.300 e. The Morgan fingerprint density at radius 2 is 2.06 bits per heavy atom. The van der Waals surface area contributed by atoms with E-state index in [1.807, 2.05) is 6.92 Å². The number of carbonyl (C=O) groups excluding carboxylic acids is 2. The zero-order valence-electron chi connectivity index (χ0n) is 10.7. The summed E-state index contributed by atoms with van der Waals surface area (Å²) in [6, 6.07) is 3.85. The minimum atomic E-state index is -0.343. The Bertz CT molecular complexity index is 456. The smallest absolute Gasteiger partial charge is 0.246 e. The van der Waals surface area contributed by atoms with Crippen LogP contribution >= 0.6 is 11.3 Å². The molecule has 0 aromatic carbocycles. The monoisotopic (exact) mass is 266 g/mol. The van der Waals surface area contributed by atoms with Gasteiger partial charge in [-0.25, -0.2) is 0 Å². The Kier molecular flexibility index (Phi) is 4.14. The molecule has 1 aliphatic heterocycles. The summed E-state index contributed by atoms with van der Waals surface area (Å²) >= 11 is 1.75. The summed E-state index contributed by atoms with van der Waals surface area (Å²) in [4.78, 5) is 27.3. The van der Waals surface area contributed by atoms with Crippen molar-refractivity contribution in [1.82, 2.24) is 10.2 Å². The summed E-state index contributed by atoms with van der Waals surface area (Å²) in [5.41, 5.74) is 0. The highest BCUT2D eigenvalue weighted by Crippen LogP contribution is 2.18. The van der Waals surface area contributed by atoms with Gasteiger partial charge in [-0.1, -0.05) is 6.92 Å². The summed E-state index contributed by atoms with van der Waals surface area (Å²) in [7, 11) is 0. The largest absolute Gasteiger partial charge is 0.300 e. The molecule has 5 heteroatoms. The van der Waals surface area contributed by atoms with E-state index in [4.69, 9.17) is 0 Å². The van der Waals surface area contributed by atoms with Crippen LogP contribution in [0.1, 0.15) is 30.0 Å². The lowest BCUT2D eigenvalue weighted by atomic mass is 10.2.